The van der Waals surface area contributed by atoms with Crippen molar-refractivity contribution in [3.8, 4) is 0 Å². The minimum Gasteiger partial charge on any atom is -0.465 e. The molecule has 0 bridgehead atoms. The van der Waals surface area contributed by atoms with Gasteiger partial charge >= 0.3 is 5.97 Å². The number of unbranched alkanes of at least 4 members (excludes halogenated alkanes) is 1. The van der Waals surface area contributed by atoms with E-state index in [1.807, 2.05) is 13.8 Å². The molecule has 0 saturated heterocycles. The highest BCUT2D eigenvalue weighted by Gasteiger charge is 2.22. The first-order chi connectivity index (χ1) is 11.4. The molecule has 0 heterocycles. The van der Waals surface area contributed by atoms with E-state index in [0.29, 0.717) is 22.4 Å². The number of nitrogens with one attached hydrogen (secondary N) is 1. The molecule has 0 aliphatic heterocycles. The van der Waals surface area contributed by atoms with Gasteiger partial charge in [-0.15, -0.1) is 11.8 Å². The van der Waals surface area contributed by atoms with Crippen molar-refractivity contribution in [3.63, 3.8) is 0 Å². The topological polar surface area (TPSA) is 55.4 Å². The van der Waals surface area contributed by atoms with Crippen LogP contribution >= 0.6 is 27.7 Å². The van der Waals surface area contributed by atoms with Gasteiger partial charge in [-0.1, -0.05) is 26.7 Å². The average molecular weight is 420 g/mol. The fraction of sp³-hybridized carbons (Fsp3) is 0.529. The lowest BCUT2D eigenvalue weighted by molar-refractivity contribution is -0.143. The van der Waals surface area contributed by atoms with Crippen molar-refractivity contribution in [2.75, 3.05) is 11.9 Å². The Hall–Kier alpha value is -1.08. The zero-order chi connectivity index (χ0) is 18.1. The monoisotopic (exact) mass is 419 g/mol. The largest absolute Gasteiger partial charge is 0.465 e. The molecule has 1 unspecified atom stereocenters. The number of ether oxygens (including phenoxy) is 1. The molecule has 0 saturated carbocycles. The van der Waals surface area contributed by atoms with Crippen LogP contribution in [0.4, 0.5) is 10.1 Å². The number of benzene rings is 1. The van der Waals surface area contributed by atoms with Crippen molar-refractivity contribution in [3.05, 3.63) is 22.4 Å². The number of hydrogen-bond donors (Lipinski definition) is 1. The van der Waals surface area contributed by atoms with Crippen molar-refractivity contribution in [2.24, 2.45) is 0 Å². The van der Waals surface area contributed by atoms with Gasteiger partial charge in [0.05, 0.1) is 12.3 Å². The van der Waals surface area contributed by atoms with Gasteiger partial charge in [-0.3, -0.25) is 9.59 Å². The normalized spacial score (nSPS) is 11.9. The number of carbonyl (C=O) groups is 2. The lowest BCUT2D eigenvalue weighted by Gasteiger charge is -2.17. The molecule has 1 N–H and O–H groups in total. The van der Waals surface area contributed by atoms with Crippen molar-refractivity contribution in [1.29, 1.82) is 0 Å². The third-order valence-corrected chi connectivity index (χ3v) is 5.38. The second-order valence-corrected chi connectivity index (χ2v) is 7.46. The Balaban J connectivity index is 2.92. The van der Waals surface area contributed by atoms with E-state index in [4.69, 9.17) is 4.74 Å². The van der Waals surface area contributed by atoms with Crippen LogP contribution in [0, 0.1) is 5.82 Å². The molecule has 7 heteroatoms. The molecule has 0 aliphatic carbocycles. The molecular formula is C17H23BrFNO3S. The third-order valence-electron chi connectivity index (χ3n) is 3.16. The number of halogens is 2. The molecule has 0 aromatic heterocycles. The van der Waals surface area contributed by atoms with E-state index >= 15 is 0 Å². The highest BCUT2D eigenvalue weighted by molar-refractivity contribution is 9.10. The fourth-order valence-electron chi connectivity index (χ4n) is 1.96. The zero-order valence-electron chi connectivity index (χ0n) is 14.2. The van der Waals surface area contributed by atoms with E-state index in [2.05, 4.69) is 21.2 Å². The van der Waals surface area contributed by atoms with Gasteiger partial charge in [-0.2, -0.15) is 0 Å². The van der Waals surface area contributed by atoms with Crippen molar-refractivity contribution in [2.45, 2.75) is 56.6 Å². The van der Waals surface area contributed by atoms with Gasteiger partial charge < -0.3 is 10.1 Å². The Labute approximate surface area is 155 Å². The first-order valence-corrected chi connectivity index (χ1v) is 9.66. The zero-order valence-corrected chi connectivity index (χ0v) is 16.6. The van der Waals surface area contributed by atoms with Crippen LogP contribution in [0.5, 0.6) is 0 Å². The van der Waals surface area contributed by atoms with Gasteiger partial charge in [0.2, 0.25) is 5.91 Å². The summed E-state index contributed by atoms with van der Waals surface area (Å²) >= 11 is 4.63. The smallest absolute Gasteiger partial charge is 0.319 e. The van der Waals surface area contributed by atoms with Crippen LogP contribution in [0.15, 0.2) is 21.5 Å². The molecule has 0 radical (unpaired) electrons. The molecule has 24 heavy (non-hydrogen) atoms. The summed E-state index contributed by atoms with van der Waals surface area (Å²) in [5.41, 5.74) is 0.0998. The summed E-state index contributed by atoms with van der Waals surface area (Å²) in [5.74, 6) is -1.14. The van der Waals surface area contributed by atoms with Crippen molar-refractivity contribution >= 4 is 45.3 Å². The summed E-state index contributed by atoms with van der Waals surface area (Å²) in [6.07, 6.45) is 3.29. The number of hydrogen-bond acceptors (Lipinski definition) is 4. The van der Waals surface area contributed by atoms with Gasteiger partial charge in [0.1, 0.15) is 11.1 Å². The maximum absolute atomic E-state index is 13.9. The van der Waals surface area contributed by atoms with Crippen LogP contribution in [0.25, 0.3) is 0 Å². The highest BCUT2D eigenvalue weighted by Crippen LogP contribution is 2.36. The SMILES string of the molecule is CCCCOC(=O)C(CCC)Sc1cc(NC(C)=O)c(F)cc1Br. The highest BCUT2D eigenvalue weighted by atomic mass is 79.9. The molecule has 1 aromatic rings. The second-order valence-electron chi connectivity index (χ2n) is 5.36. The quantitative estimate of drug-likeness (QED) is 0.341. The summed E-state index contributed by atoms with van der Waals surface area (Å²) in [6.45, 7) is 5.76. The third kappa shape index (κ3) is 6.81. The number of amides is 1. The number of carbonyl (C=O) groups excluding carboxylic acids is 2. The predicted molar refractivity (Wildman–Crippen MR) is 98.8 cm³/mol. The van der Waals surface area contributed by atoms with Crippen molar-refractivity contribution in [1.82, 2.24) is 0 Å². The molecule has 1 aromatic carbocycles. The van der Waals surface area contributed by atoms with Gasteiger partial charge in [0.15, 0.2) is 0 Å². The Morgan fingerprint density at radius 2 is 2.04 bits per heavy atom. The van der Waals surface area contributed by atoms with Crippen LogP contribution < -0.4 is 5.32 Å². The van der Waals surface area contributed by atoms with E-state index in [9.17, 15) is 14.0 Å². The first kappa shape index (κ1) is 21.0. The van der Waals surface area contributed by atoms with Crippen LogP contribution in [-0.2, 0) is 14.3 Å². The van der Waals surface area contributed by atoms with E-state index < -0.39 is 5.82 Å². The van der Waals surface area contributed by atoms with Gasteiger partial charge in [0, 0.05) is 16.3 Å². The van der Waals surface area contributed by atoms with E-state index in [0.717, 1.165) is 19.3 Å². The molecule has 0 aliphatic rings. The summed E-state index contributed by atoms with van der Waals surface area (Å²) in [6, 6.07) is 2.83. The van der Waals surface area contributed by atoms with E-state index in [1.165, 1.54) is 30.8 Å². The molecule has 0 spiro atoms. The van der Waals surface area contributed by atoms with Crippen LogP contribution in [0.3, 0.4) is 0 Å². The summed E-state index contributed by atoms with van der Waals surface area (Å²) in [5, 5.41) is 2.09. The Morgan fingerprint density at radius 3 is 2.62 bits per heavy atom. The summed E-state index contributed by atoms with van der Waals surface area (Å²) in [4.78, 5) is 24.1. The van der Waals surface area contributed by atoms with Gasteiger partial charge in [-0.05, 0) is 40.9 Å². The molecule has 1 rings (SSSR count). The number of esters is 1. The predicted octanol–water partition coefficient (Wildman–Crippen LogP) is 5.15. The van der Waals surface area contributed by atoms with E-state index in [-0.39, 0.29) is 22.8 Å². The number of thioether (sulfide) groups is 1. The van der Waals surface area contributed by atoms with Crippen LogP contribution in [0.2, 0.25) is 0 Å². The second kappa shape index (κ2) is 10.7. The Morgan fingerprint density at radius 1 is 1.33 bits per heavy atom. The lowest BCUT2D eigenvalue weighted by Crippen LogP contribution is -2.20. The number of anilines is 1. The number of rotatable bonds is 9. The fourth-order valence-corrected chi connectivity index (χ4v) is 3.73. The molecule has 4 nitrogen and oxygen atoms in total. The molecule has 134 valence electrons. The van der Waals surface area contributed by atoms with Gasteiger partial charge in [0.25, 0.3) is 0 Å². The molecular weight excluding hydrogens is 397 g/mol. The van der Waals surface area contributed by atoms with Crippen LogP contribution in [-0.4, -0.2) is 23.7 Å². The minimum atomic E-state index is -0.529. The Bertz CT molecular complexity index is 583. The molecule has 1 amide bonds. The minimum absolute atomic E-state index is 0.0998. The lowest BCUT2D eigenvalue weighted by atomic mass is 10.2. The van der Waals surface area contributed by atoms with Crippen LogP contribution in [0.1, 0.15) is 46.5 Å². The molecule has 1 atom stereocenters. The van der Waals surface area contributed by atoms with Gasteiger partial charge in [-0.25, -0.2) is 4.39 Å². The Kier molecular flexibility index (Phi) is 9.36. The van der Waals surface area contributed by atoms with E-state index in [1.54, 1.807) is 0 Å². The van der Waals surface area contributed by atoms with Crippen molar-refractivity contribution < 1.29 is 18.7 Å². The molecule has 0 fully saturated rings. The average Bonchev–Trinajstić information content (AvgIpc) is 2.51. The first-order valence-electron chi connectivity index (χ1n) is 7.98. The summed E-state index contributed by atoms with van der Waals surface area (Å²) in [7, 11) is 0. The summed E-state index contributed by atoms with van der Waals surface area (Å²) < 4.78 is 19.7. The maximum Gasteiger partial charge on any atom is 0.319 e. The standard InChI is InChI=1S/C17H23BrFNO3S/c1-4-6-8-23-17(22)15(7-5-2)24-16-10-14(20-11(3)21)13(19)9-12(16)18/h9-10,15H,4-8H2,1-3H3,(H,20,21). The maximum atomic E-state index is 13.9.